The van der Waals surface area contributed by atoms with Crippen molar-refractivity contribution in [3.05, 3.63) is 35.4 Å². The van der Waals surface area contributed by atoms with Gasteiger partial charge in [0, 0.05) is 0 Å². The van der Waals surface area contributed by atoms with Gasteiger partial charge in [0.25, 0.3) is 0 Å². The number of urea groups is 1. The average molecular weight is 223 g/mol. The van der Waals surface area contributed by atoms with Crippen molar-refractivity contribution in [2.24, 2.45) is 5.84 Å². The molecule has 0 aromatic heterocycles. The molecule has 6 heteroatoms. The number of aromatic carboxylic acids is 1. The molecule has 16 heavy (non-hydrogen) atoms. The highest BCUT2D eigenvalue weighted by Gasteiger charge is 2.09. The number of carboxylic acid groups (broad SMARTS) is 1. The van der Waals surface area contributed by atoms with Crippen molar-refractivity contribution in [3.63, 3.8) is 0 Å². The van der Waals surface area contributed by atoms with Crippen LogP contribution in [-0.4, -0.2) is 17.1 Å². The van der Waals surface area contributed by atoms with Gasteiger partial charge in [-0.25, -0.2) is 15.4 Å². The van der Waals surface area contributed by atoms with Crippen LogP contribution in [0, 0.1) is 0 Å². The number of amides is 2. The molecule has 2 amide bonds. The maximum atomic E-state index is 10.9. The number of nitrogens with two attached hydrogens (primary N) is 1. The molecule has 0 saturated carbocycles. The molecule has 1 aromatic carbocycles. The zero-order valence-corrected chi connectivity index (χ0v) is 8.73. The van der Waals surface area contributed by atoms with Gasteiger partial charge in [-0.15, -0.1) is 0 Å². The van der Waals surface area contributed by atoms with Gasteiger partial charge in [0.2, 0.25) is 0 Å². The highest BCUT2D eigenvalue weighted by molar-refractivity contribution is 5.87. The SMILES string of the molecule is C[C@@H](NC(=O)NN)c1ccc(C(=O)O)cc1. The van der Waals surface area contributed by atoms with E-state index in [0.29, 0.717) is 0 Å². The monoisotopic (exact) mass is 223 g/mol. The van der Waals surface area contributed by atoms with E-state index in [9.17, 15) is 9.59 Å². The minimum atomic E-state index is -0.980. The van der Waals surface area contributed by atoms with Crippen LogP contribution in [-0.2, 0) is 0 Å². The number of hydrazine groups is 1. The lowest BCUT2D eigenvalue weighted by Crippen LogP contribution is -2.40. The maximum Gasteiger partial charge on any atom is 0.335 e. The van der Waals surface area contributed by atoms with E-state index in [1.807, 2.05) is 5.43 Å². The molecule has 0 saturated heterocycles. The van der Waals surface area contributed by atoms with Gasteiger partial charge < -0.3 is 10.4 Å². The third-order valence-corrected chi connectivity index (χ3v) is 2.14. The molecule has 0 aliphatic heterocycles. The van der Waals surface area contributed by atoms with E-state index < -0.39 is 12.0 Å². The van der Waals surface area contributed by atoms with E-state index in [1.165, 1.54) is 12.1 Å². The molecule has 6 nitrogen and oxygen atoms in total. The molecule has 1 atom stereocenters. The highest BCUT2D eigenvalue weighted by Crippen LogP contribution is 2.13. The van der Waals surface area contributed by atoms with Gasteiger partial charge in [0.15, 0.2) is 0 Å². The van der Waals surface area contributed by atoms with Crippen LogP contribution < -0.4 is 16.6 Å². The summed E-state index contributed by atoms with van der Waals surface area (Å²) in [5, 5.41) is 11.3. The van der Waals surface area contributed by atoms with Crippen molar-refractivity contribution in [1.29, 1.82) is 0 Å². The molecule has 0 spiro atoms. The van der Waals surface area contributed by atoms with Crippen LogP contribution in [0.4, 0.5) is 4.79 Å². The summed E-state index contributed by atoms with van der Waals surface area (Å²) in [6.45, 7) is 1.77. The summed E-state index contributed by atoms with van der Waals surface area (Å²) in [5.74, 6) is 3.94. The van der Waals surface area contributed by atoms with Gasteiger partial charge >= 0.3 is 12.0 Å². The number of nitrogens with one attached hydrogen (secondary N) is 2. The molecule has 5 N–H and O–H groups in total. The van der Waals surface area contributed by atoms with Gasteiger partial charge in [-0.3, -0.25) is 5.43 Å². The first-order valence-electron chi connectivity index (χ1n) is 4.65. The van der Waals surface area contributed by atoms with Crippen LogP contribution in [0.25, 0.3) is 0 Å². The molecule has 0 heterocycles. The molecule has 0 aliphatic rings. The van der Waals surface area contributed by atoms with Gasteiger partial charge in [0.1, 0.15) is 0 Å². The van der Waals surface area contributed by atoms with Crippen molar-refractivity contribution in [2.45, 2.75) is 13.0 Å². The zero-order valence-electron chi connectivity index (χ0n) is 8.73. The van der Waals surface area contributed by atoms with Crippen molar-refractivity contribution in [3.8, 4) is 0 Å². The molecule has 1 rings (SSSR count). The summed E-state index contributed by atoms with van der Waals surface area (Å²) in [7, 11) is 0. The molecule has 0 aliphatic carbocycles. The Bertz CT molecular complexity index is 389. The van der Waals surface area contributed by atoms with E-state index in [1.54, 1.807) is 19.1 Å². The van der Waals surface area contributed by atoms with Crippen LogP contribution in [0.3, 0.4) is 0 Å². The normalized spacial score (nSPS) is 11.6. The van der Waals surface area contributed by atoms with Crippen LogP contribution in [0.1, 0.15) is 28.9 Å². The molecular formula is C10H13N3O3. The third-order valence-electron chi connectivity index (χ3n) is 2.14. The number of hydrogen-bond acceptors (Lipinski definition) is 3. The predicted octanol–water partition coefficient (Wildman–Crippen LogP) is 0.619. The fraction of sp³-hybridized carbons (Fsp3) is 0.200. The Balaban J connectivity index is 2.73. The van der Waals surface area contributed by atoms with Crippen molar-refractivity contribution in [2.75, 3.05) is 0 Å². The summed E-state index contributed by atoms with van der Waals surface area (Å²) in [4.78, 5) is 21.5. The number of carbonyl (C=O) groups is 2. The second-order valence-electron chi connectivity index (χ2n) is 3.27. The second kappa shape index (κ2) is 5.13. The van der Waals surface area contributed by atoms with Gasteiger partial charge in [-0.2, -0.15) is 0 Å². The average Bonchev–Trinajstić information content (AvgIpc) is 2.28. The van der Waals surface area contributed by atoms with Crippen LogP contribution in [0.15, 0.2) is 24.3 Å². The van der Waals surface area contributed by atoms with E-state index in [2.05, 4.69) is 5.32 Å². The Hall–Kier alpha value is -2.08. The van der Waals surface area contributed by atoms with Crippen LogP contribution >= 0.6 is 0 Å². The molecule has 0 fully saturated rings. The number of hydrogen-bond donors (Lipinski definition) is 4. The smallest absolute Gasteiger partial charge is 0.335 e. The number of rotatable bonds is 3. The van der Waals surface area contributed by atoms with Gasteiger partial charge in [-0.1, -0.05) is 12.1 Å². The fourth-order valence-corrected chi connectivity index (χ4v) is 1.24. The summed E-state index contributed by atoms with van der Waals surface area (Å²) in [6.07, 6.45) is 0. The topological polar surface area (TPSA) is 104 Å². The third kappa shape index (κ3) is 2.96. The van der Waals surface area contributed by atoms with Gasteiger partial charge in [0.05, 0.1) is 11.6 Å². The molecule has 86 valence electrons. The first-order valence-corrected chi connectivity index (χ1v) is 4.65. The quantitative estimate of drug-likeness (QED) is 0.342. The molecule has 1 aromatic rings. The predicted molar refractivity (Wildman–Crippen MR) is 57.7 cm³/mol. The summed E-state index contributed by atoms with van der Waals surface area (Å²) < 4.78 is 0. The molecular weight excluding hydrogens is 210 g/mol. The molecule has 0 bridgehead atoms. The van der Waals surface area contributed by atoms with Crippen LogP contribution in [0.5, 0.6) is 0 Å². The Kier molecular flexibility index (Phi) is 3.84. The lowest BCUT2D eigenvalue weighted by Gasteiger charge is -2.13. The van der Waals surface area contributed by atoms with Crippen LogP contribution in [0.2, 0.25) is 0 Å². The number of benzene rings is 1. The van der Waals surface area contributed by atoms with Crippen molar-refractivity contribution in [1.82, 2.24) is 10.7 Å². The number of carboxylic acids is 1. The molecule has 0 unspecified atom stereocenters. The van der Waals surface area contributed by atoms with Crippen molar-refractivity contribution >= 4 is 12.0 Å². The number of carbonyl (C=O) groups excluding carboxylic acids is 1. The minimum absolute atomic E-state index is 0.208. The molecule has 0 radical (unpaired) electrons. The lowest BCUT2D eigenvalue weighted by atomic mass is 10.1. The zero-order chi connectivity index (χ0) is 12.1. The van der Waals surface area contributed by atoms with E-state index >= 15 is 0 Å². The Morgan fingerprint density at radius 1 is 1.31 bits per heavy atom. The fourth-order valence-electron chi connectivity index (χ4n) is 1.24. The van der Waals surface area contributed by atoms with E-state index in [4.69, 9.17) is 10.9 Å². The standard InChI is InChI=1S/C10H13N3O3/c1-6(12-10(16)13-11)7-2-4-8(5-3-7)9(14)15/h2-6H,11H2,1H3,(H,14,15)(H2,12,13,16)/t6-/m1/s1. The Morgan fingerprint density at radius 3 is 2.31 bits per heavy atom. The van der Waals surface area contributed by atoms with Crippen molar-refractivity contribution < 1.29 is 14.7 Å². The highest BCUT2D eigenvalue weighted by atomic mass is 16.4. The summed E-state index contributed by atoms with van der Waals surface area (Å²) >= 11 is 0. The second-order valence-corrected chi connectivity index (χ2v) is 3.27. The largest absolute Gasteiger partial charge is 0.478 e. The summed E-state index contributed by atoms with van der Waals surface area (Å²) in [6, 6.07) is 5.52. The Labute approximate surface area is 92.4 Å². The minimum Gasteiger partial charge on any atom is -0.478 e. The van der Waals surface area contributed by atoms with Gasteiger partial charge in [-0.05, 0) is 24.6 Å². The summed E-state index contributed by atoms with van der Waals surface area (Å²) in [5.41, 5.74) is 2.96. The first-order chi connectivity index (χ1) is 7.54. The van der Waals surface area contributed by atoms with E-state index in [0.717, 1.165) is 5.56 Å². The first kappa shape index (κ1) is 12.0. The lowest BCUT2D eigenvalue weighted by molar-refractivity contribution is 0.0697. The Morgan fingerprint density at radius 2 is 1.88 bits per heavy atom. The maximum absolute atomic E-state index is 10.9. The van der Waals surface area contributed by atoms with E-state index in [-0.39, 0.29) is 11.6 Å².